The molecule has 5 heteroatoms. The lowest BCUT2D eigenvalue weighted by Gasteiger charge is -2.10. The molecular weight excluding hydrogens is 590 g/mol. The highest BCUT2D eigenvalue weighted by molar-refractivity contribution is 6.21. The molecule has 10 rings (SSSR count). The van der Waals surface area contributed by atoms with Crippen LogP contribution in [0.25, 0.3) is 99.9 Å². The molecule has 0 amide bonds. The van der Waals surface area contributed by atoms with Crippen molar-refractivity contribution in [2.45, 2.75) is 0 Å². The summed E-state index contributed by atoms with van der Waals surface area (Å²) >= 11 is 0. The van der Waals surface area contributed by atoms with Gasteiger partial charge in [0.25, 0.3) is 0 Å². The number of aromatic nitrogens is 3. The maximum atomic E-state index is 6.75. The Morgan fingerprint density at radius 1 is 0.375 bits per heavy atom. The normalized spacial score (nSPS) is 11.8. The van der Waals surface area contributed by atoms with Crippen molar-refractivity contribution in [1.82, 2.24) is 15.0 Å². The molecule has 5 nitrogen and oxygen atoms in total. The Kier molecular flexibility index (Phi) is 5.81. The Balaban J connectivity index is 1.29. The molecule has 3 aromatic heterocycles. The van der Waals surface area contributed by atoms with Crippen molar-refractivity contribution < 1.29 is 8.83 Å². The molecule has 0 N–H and O–H groups in total. The minimum Gasteiger partial charge on any atom is -0.456 e. The zero-order valence-electron chi connectivity index (χ0n) is 25.6. The molecule has 0 atom stereocenters. The number of para-hydroxylation sites is 1. The molecule has 7 aromatic carbocycles. The summed E-state index contributed by atoms with van der Waals surface area (Å²) < 4.78 is 13.0. The Morgan fingerprint density at radius 3 is 1.65 bits per heavy atom. The van der Waals surface area contributed by atoms with E-state index in [1.165, 1.54) is 0 Å². The molecule has 0 bridgehead atoms. The summed E-state index contributed by atoms with van der Waals surface area (Å²) in [7, 11) is 0. The molecule has 0 saturated carbocycles. The van der Waals surface area contributed by atoms with Crippen LogP contribution in [0.15, 0.2) is 160 Å². The van der Waals surface area contributed by atoms with E-state index in [0.29, 0.717) is 17.5 Å². The predicted molar refractivity (Wildman–Crippen MR) is 194 cm³/mol. The monoisotopic (exact) mass is 615 g/mol. The summed E-state index contributed by atoms with van der Waals surface area (Å²) in [6.07, 6.45) is 0. The summed E-state index contributed by atoms with van der Waals surface area (Å²) in [5, 5.41) is 6.28. The third kappa shape index (κ3) is 4.08. The summed E-state index contributed by atoms with van der Waals surface area (Å²) in [5.41, 5.74) is 8.10. The largest absolute Gasteiger partial charge is 0.456 e. The number of nitrogens with zero attached hydrogens (tertiary/aromatic N) is 3. The van der Waals surface area contributed by atoms with Crippen LogP contribution in [0.4, 0.5) is 0 Å². The minimum atomic E-state index is 0.575. The van der Waals surface area contributed by atoms with Gasteiger partial charge in [-0.15, -0.1) is 0 Å². The van der Waals surface area contributed by atoms with Gasteiger partial charge in [0.15, 0.2) is 17.5 Å². The maximum Gasteiger partial charge on any atom is 0.164 e. The van der Waals surface area contributed by atoms with E-state index < -0.39 is 0 Å². The number of hydrogen-bond acceptors (Lipinski definition) is 5. The molecule has 0 fully saturated rings. The van der Waals surface area contributed by atoms with Crippen LogP contribution in [-0.4, -0.2) is 15.0 Å². The van der Waals surface area contributed by atoms with Gasteiger partial charge < -0.3 is 8.83 Å². The lowest BCUT2D eigenvalue weighted by atomic mass is 9.94. The van der Waals surface area contributed by atoms with Crippen LogP contribution in [0.1, 0.15) is 0 Å². The fraction of sp³-hybridized carbons (Fsp3) is 0. The number of furan rings is 2. The fourth-order valence-corrected chi connectivity index (χ4v) is 7.00. The van der Waals surface area contributed by atoms with Crippen LogP contribution in [0.5, 0.6) is 0 Å². The quantitative estimate of drug-likeness (QED) is 0.197. The van der Waals surface area contributed by atoms with Gasteiger partial charge in [-0.3, -0.25) is 0 Å². The van der Waals surface area contributed by atoms with Gasteiger partial charge in [-0.1, -0.05) is 127 Å². The number of fused-ring (bicyclic) bond motifs is 7. The first-order chi connectivity index (χ1) is 23.8. The van der Waals surface area contributed by atoms with Gasteiger partial charge in [0.05, 0.1) is 0 Å². The lowest BCUT2D eigenvalue weighted by Crippen LogP contribution is -2.00. The Morgan fingerprint density at radius 2 is 0.917 bits per heavy atom. The minimum absolute atomic E-state index is 0.575. The highest BCUT2D eigenvalue weighted by atomic mass is 16.3. The molecular formula is C43H25N3O2. The van der Waals surface area contributed by atoms with Crippen LogP contribution < -0.4 is 0 Å². The van der Waals surface area contributed by atoms with Crippen LogP contribution in [-0.2, 0) is 0 Å². The predicted octanol–water partition coefficient (Wildman–Crippen LogP) is 11.5. The van der Waals surface area contributed by atoms with E-state index in [4.69, 9.17) is 23.8 Å². The second-order valence-corrected chi connectivity index (χ2v) is 11.9. The first-order valence-electron chi connectivity index (χ1n) is 15.9. The molecule has 0 saturated heterocycles. The zero-order chi connectivity index (χ0) is 31.6. The van der Waals surface area contributed by atoms with Crippen LogP contribution in [0.2, 0.25) is 0 Å². The Hall–Kier alpha value is -6.59. The van der Waals surface area contributed by atoms with Gasteiger partial charge in [0.1, 0.15) is 22.3 Å². The Labute approximate surface area is 274 Å². The molecule has 3 heterocycles. The molecule has 0 unspecified atom stereocenters. The summed E-state index contributed by atoms with van der Waals surface area (Å²) in [4.78, 5) is 15.4. The van der Waals surface area contributed by atoms with Gasteiger partial charge in [-0.2, -0.15) is 0 Å². The molecule has 48 heavy (non-hydrogen) atoms. The molecule has 0 aliphatic rings. The van der Waals surface area contributed by atoms with E-state index in [-0.39, 0.29) is 0 Å². The number of hydrogen-bond donors (Lipinski definition) is 0. The average molecular weight is 616 g/mol. The zero-order valence-corrected chi connectivity index (χ0v) is 25.6. The van der Waals surface area contributed by atoms with Crippen molar-refractivity contribution in [2.24, 2.45) is 0 Å². The second kappa shape index (κ2) is 10.5. The standard InChI is InChI=1S/C43H25N3O2/c1-3-13-26(14-4-1)37-29-18-8-7-17-28(29)25-33-39-32(21-12-24-36(39)48-40(33)37)43-45-41(27-15-5-2-6-16-27)44-42(46-43)31-20-11-23-35-38(31)30-19-9-10-22-34(30)47-35/h1-25H. The molecule has 0 aliphatic carbocycles. The van der Waals surface area contributed by atoms with Gasteiger partial charge in [-0.05, 0) is 40.6 Å². The van der Waals surface area contributed by atoms with Crippen molar-refractivity contribution in [3.05, 3.63) is 152 Å². The van der Waals surface area contributed by atoms with E-state index in [1.807, 2.05) is 78.9 Å². The highest BCUT2D eigenvalue weighted by Crippen LogP contribution is 2.44. The SMILES string of the molecule is c1ccc(-c2nc(-c3cccc4oc5ccccc5c34)nc(-c3cccc4oc5c(-c6ccccc6)c6ccccc6cc5c34)n2)cc1. The number of rotatable bonds is 4. The maximum absolute atomic E-state index is 6.75. The first-order valence-corrected chi connectivity index (χ1v) is 15.9. The lowest BCUT2D eigenvalue weighted by molar-refractivity contribution is 0.669. The third-order valence-electron chi connectivity index (χ3n) is 9.12. The summed E-state index contributed by atoms with van der Waals surface area (Å²) in [5.74, 6) is 1.75. The van der Waals surface area contributed by atoms with E-state index in [1.54, 1.807) is 0 Å². The van der Waals surface area contributed by atoms with Crippen LogP contribution in [0.3, 0.4) is 0 Å². The van der Waals surface area contributed by atoms with E-state index in [0.717, 1.165) is 82.5 Å². The van der Waals surface area contributed by atoms with Gasteiger partial charge in [-0.25, -0.2) is 15.0 Å². The van der Waals surface area contributed by atoms with Crippen molar-refractivity contribution >= 4 is 54.6 Å². The smallest absolute Gasteiger partial charge is 0.164 e. The van der Waals surface area contributed by atoms with Gasteiger partial charge in [0, 0.05) is 43.8 Å². The number of benzene rings is 7. The van der Waals surface area contributed by atoms with Crippen molar-refractivity contribution in [1.29, 1.82) is 0 Å². The molecule has 10 aromatic rings. The third-order valence-corrected chi connectivity index (χ3v) is 9.12. The van der Waals surface area contributed by atoms with Crippen molar-refractivity contribution in [3.63, 3.8) is 0 Å². The fourth-order valence-electron chi connectivity index (χ4n) is 7.00. The Bertz CT molecular complexity index is 2840. The van der Waals surface area contributed by atoms with E-state index in [2.05, 4.69) is 72.8 Å². The summed E-state index contributed by atoms with van der Waals surface area (Å²) in [6.45, 7) is 0. The summed E-state index contributed by atoms with van der Waals surface area (Å²) in [6, 6.07) is 51.5. The molecule has 224 valence electrons. The highest BCUT2D eigenvalue weighted by Gasteiger charge is 2.22. The van der Waals surface area contributed by atoms with Gasteiger partial charge in [0.2, 0.25) is 0 Å². The molecule has 0 spiro atoms. The molecule has 0 radical (unpaired) electrons. The van der Waals surface area contributed by atoms with Crippen LogP contribution in [0, 0.1) is 0 Å². The van der Waals surface area contributed by atoms with Crippen LogP contribution >= 0.6 is 0 Å². The van der Waals surface area contributed by atoms with Gasteiger partial charge >= 0.3 is 0 Å². The topological polar surface area (TPSA) is 65.0 Å². The van der Waals surface area contributed by atoms with E-state index >= 15 is 0 Å². The first kappa shape index (κ1) is 26.6. The van der Waals surface area contributed by atoms with Crippen molar-refractivity contribution in [3.8, 4) is 45.3 Å². The average Bonchev–Trinajstić information content (AvgIpc) is 3.73. The molecule has 0 aliphatic heterocycles. The van der Waals surface area contributed by atoms with Crippen molar-refractivity contribution in [2.75, 3.05) is 0 Å². The van der Waals surface area contributed by atoms with E-state index in [9.17, 15) is 0 Å². The second-order valence-electron chi connectivity index (χ2n) is 11.9.